The Morgan fingerprint density at radius 2 is 2.23 bits per heavy atom. The third kappa shape index (κ3) is 2.66. The van der Waals surface area contributed by atoms with Crippen LogP contribution in [0.15, 0.2) is 48.8 Å². The standard InChI is InChI=1S/C17H22N4O/c1-13(2)7-10-20-12-15(21-17(20)5-4-8-19-21)14-6-9-18-11-16(14)22-3/h4-6,8-9,11-13,19H,7,10H2,1-3H3. The molecule has 2 aliphatic heterocycles. The summed E-state index contributed by atoms with van der Waals surface area (Å²) in [4.78, 5) is 6.42. The van der Waals surface area contributed by atoms with Crippen molar-refractivity contribution in [1.29, 1.82) is 0 Å². The molecule has 1 aromatic heterocycles. The van der Waals surface area contributed by atoms with Crippen molar-refractivity contribution >= 4 is 5.70 Å². The number of ether oxygens (including phenoxy) is 1. The molecule has 0 bridgehead atoms. The maximum absolute atomic E-state index is 5.46. The molecule has 2 aliphatic rings. The average molecular weight is 298 g/mol. The quantitative estimate of drug-likeness (QED) is 0.905. The largest absolute Gasteiger partial charge is 0.494 e. The predicted octanol–water partition coefficient (Wildman–Crippen LogP) is 2.93. The molecule has 0 fully saturated rings. The SMILES string of the molecule is COc1cnccc1C1=CN(CCC(C)C)C2=CC=CNN12. The minimum Gasteiger partial charge on any atom is -0.494 e. The molecule has 0 aliphatic carbocycles. The summed E-state index contributed by atoms with van der Waals surface area (Å²) in [6.07, 6.45) is 12.9. The lowest BCUT2D eigenvalue weighted by atomic mass is 10.1. The fraction of sp³-hybridized carbons (Fsp3) is 0.353. The van der Waals surface area contributed by atoms with Crippen LogP contribution in [0.5, 0.6) is 5.75 Å². The van der Waals surface area contributed by atoms with Crippen molar-refractivity contribution in [1.82, 2.24) is 20.3 Å². The van der Waals surface area contributed by atoms with Gasteiger partial charge in [-0.25, -0.2) is 5.01 Å². The topological polar surface area (TPSA) is 40.6 Å². The Bertz CT molecular complexity index is 633. The number of aromatic nitrogens is 1. The summed E-state index contributed by atoms with van der Waals surface area (Å²) >= 11 is 0. The summed E-state index contributed by atoms with van der Waals surface area (Å²) < 4.78 is 5.46. The molecule has 0 unspecified atom stereocenters. The molecule has 0 atom stereocenters. The molecule has 0 radical (unpaired) electrons. The van der Waals surface area contributed by atoms with Gasteiger partial charge in [0.15, 0.2) is 0 Å². The van der Waals surface area contributed by atoms with Crippen LogP contribution in [0.4, 0.5) is 0 Å². The Kier molecular flexibility index (Phi) is 4.04. The van der Waals surface area contributed by atoms with Gasteiger partial charge in [0.1, 0.15) is 11.6 Å². The molecular weight excluding hydrogens is 276 g/mol. The third-order valence-corrected chi connectivity index (χ3v) is 3.82. The van der Waals surface area contributed by atoms with Crippen LogP contribution in [-0.4, -0.2) is 28.5 Å². The number of allylic oxidation sites excluding steroid dienone is 2. The van der Waals surface area contributed by atoms with Crippen molar-refractivity contribution in [3.05, 3.63) is 54.4 Å². The highest BCUT2D eigenvalue weighted by Crippen LogP contribution is 2.36. The number of nitrogens with one attached hydrogen (secondary N) is 1. The van der Waals surface area contributed by atoms with Crippen molar-refractivity contribution in [2.24, 2.45) is 5.92 Å². The lowest BCUT2D eigenvalue weighted by Gasteiger charge is -2.29. The van der Waals surface area contributed by atoms with Crippen LogP contribution < -0.4 is 10.2 Å². The molecule has 0 aromatic carbocycles. The highest BCUT2D eigenvalue weighted by Gasteiger charge is 2.29. The van der Waals surface area contributed by atoms with Gasteiger partial charge in [0.05, 0.1) is 19.0 Å². The van der Waals surface area contributed by atoms with E-state index in [0.717, 1.165) is 35.8 Å². The Morgan fingerprint density at radius 3 is 3.00 bits per heavy atom. The Labute approximate surface area is 131 Å². The molecular formula is C17H22N4O. The number of methoxy groups -OCH3 is 1. The molecule has 1 aromatic rings. The molecule has 5 heteroatoms. The van der Waals surface area contributed by atoms with E-state index in [4.69, 9.17) is 4.74 Å². The first kappa shape index (κ1) is 14.5. The Morgan fingerprint density at radius 1 is 1.36 bits per heavy atom. The van der Waals surface area contributed by atoms with Gasteiger partial charge in [-0.1, -0.05) is 13.8 Å². The second-order valence-corrected chi connectivity index (χ2v) is 5.81. The van der Waals surface area contributed by atoms with Crippen LogP contribution in [0.2, 0.25) is 0 Å². The zero-order valence-corrected chi connectivity index (χ0v) is 13.3. The lowest BCUT2D eigenvalue weighted by molar-refractivity contribution is 0.309. The van der Waals surface area contributed by atoms with Gasteiger partial charge in [-0.3, -0.25) is 10.4 Å². The van der Waals surface area contributed by atoms with Crippen LogP contribution in [0.25, 0.3) is 5.70 Å². The fourth-order valence-corrected chi connectivity index (χ4v) is 2.60. The molecule has 0 spiro atoms. The van der Waals surface area contributed by atoms with E-state index in [0.29, 0.717) is 5.92 Å². The summed E-state index contributed by atoms with van der Waals surface area (Å²) in [5.74, 6) is 2.58. The van der Waals surface area contributed by atoms with Crippen LogP contribution >= 0.6 is 0 Å². The number of rotatable bonds is 5. The minimum atomic E-state index is 0.675. The van der Waals surface area contributed by atoms with Crippen LogP contribution in [0, 0.1) is 5.92 Å². The van der Waals surface area contributed by atoms with E-state index in [-0.39, 0.29) is 0 Å². The molecule has 1 N–H and O–H groups in total. The molecule has 0 amide bonds. The Balaban J connectivity index is 1.94. The first-order chi connectivity index (χ1) is 10.7. The van der Waals surface area contributed by atoms with Crippen molar-refractivity contribution < 1.29 is 4.74 Å². The molecule has 5 nitrogen and oxygen atoms in total. The molecule has 3 rings (SSSR count). The number of hydrogen-bond acceptors (Lipinski definition) is 5. The number of hydrogen-bond donors (Lipinski definition) is 1. The van der Waals surface area contributed by atoms with E-state index < -0.39 is 0 Å². The zero-order chi connectivity index (χ0) is 15.5. The fourth-order valence-electron chi connectivity index (χ4n) is 2.60. The van der Waals surface area contributed by atoms with Gasteiger partial charge in [-0.15, -0.1) is 0 Å². The van der Waals surface area contributed by atoms with Gasteiger partial charge in [0.2, 0.25) is 0 Å². The summed E-state index contributed by atoms with van der Waals surface area (Å²) in [6.45, 7) is 5.49. The first-order valence-electron chi connectivity index (χ1n) is 7.60. The van der Waals surface area contributed by atoms with E-state index in [2.05, 4.69) is 46.4 Å². The average Bonchev–Trinajstić information content (AvgIpc) is 2.91. The molecule has 116 valence electrons. The summed E-state index contributed by atoms with van der Waals surface area (Å²) in [5.41, 5.74) is 5.39. The van der Waals surface area contributed by atoms with Crippen molar-refractivity contribution in [2.45, 2.75) is 20.3 Å². The summed E-state index contributed by atoms with van der Waals surface area (Å²) in [7, 11) is 1.67. The van der Waals surface area contributed by atoms with Crippen molar-refractivity contribution in [2.75, 3.05) is 13.7 Å². The van der Waals surface area contributed by atoms with E-state index in [1.165, 1.54) is 0 Å². The second kappa shape index (κ2) is 6.13. The third-order valence-electron chi connectivity index (χ3n) is 3.82. The molecule has 3 heterocycles. The van der Waals surface area contributed by atoms with E-state index in [1.807, 2.05) is 18.3 Å². The highest BCUT2D eigenvalue weighted by molar-refractivity contribution is 5.72. The van der Waals surface area contributed by atoms with Gasteiger partial charge < -0.3 is 9.64 Å². The Hall–Kier alpha value is -2.43. The highest BCUT2D eigenvalue weighted by atomic mass is 16.5. The van der Waals surface area contributed by atoms with Gasteiger partial charge >= 0.3 is 0 Å². The molecule has 22 heavy (non-hydrogen) atoms. The van der Waals surface area contributed by atoms with Gasteiger partial charge in [-0.05, 0) is 30.6 Å². The number of hydrazine groups is 1. The predicted molar refractivity (Wildman–Crippen MR) is 87.1 cm³/mol. The van der Waals surface area contributed by atoms with Crippen LogP contribution in [-0.2, 0) is 0 Å². The van der Waals surface area contributed by atoms with E-state index in [9.17, 15) is 0 Å². The second-order valence-electron chi connectivity index (χ2n) is 5.81. The van der Waals surface area contributed by atoms with E-state index in [1.54, 1.807) is 19.5 Å². The number of nitrogens with zero attached hydrogens (tertiary/aromatic N) is 3. The van der Waals surface area contributed by atoms with Crippen molar-refractivity contribution in [3.8, 4) is 5.75 Å². The van der Waals surface area contributed by atoms with Gasteiger partial charge in [-0.2, -0.15) is 0 Å². The smallest absolute Gasteiger partial charge is 0.146 e. The summed E-state index contributed by atoms with van der Waals surface area (Å²) in [6, 6.07) is 1.98. The monoisotopic (exact) mass is 298 g/mol. The minimum absolute atomic E-state index is 0.675. The normalized spacial score (nSPS) is 16.4. The van der Waals surface area contributed by atoms with Crippen molar-refractivity contribution in [3.63, 3.8) is 0 Å². The maximum Gasteiger partial charge on any atom is 0.146 e. The summed E-state index contributed by atoms with van der Waals surface area (Å²) in [5, 5.41) is 2.08. The van der Waals surface area contributed by atoms with Crippen LogP contribution in [0.1, 0.15) is 25.8 Å². The molecule has 0 saturated carbocycles. The lowest BCUT2D eigenvalue weighted by Crippen LogP contribution is -2.35. The van der Waals surface area contributed by atoms with Crippen LogP contribution in [0.3, 0.4) is 0 Å². The molecule has 0 saturated heterocycles. The number of pyridine rings is 1. The van der Waals surface area contributed by atoms with Gasteiger partial charge in [0, 0.05) is 30.7 Å². The zero-order valence-electron chi connectivity index (χ0n) is 13.3. The van der Waals surface area contributed by atoms with Gasteiger partial charge in [0.25, 0.3) is 0 Å². The van der Waals surface area contributed by atoms with E-state index >= 15 is 0 Å². The maximum atomic E-state index is 5.46. The first-order valence-corrected chi connectivity index (χ1v) is 7.60. The number of fused-ring (bicyclic) bond motifs is 1.